The number of H-pyrrole nitrogens is 2. The Bertz CT molecular complexity index is 1880. The van der Waals surface area contributed by atoms with Crippen molar-refractivity contribution in [2.24, 2.45) is 5.92 Å². The number of nitrogens with one attached hydrogen (secondary N) is 3. The Balaban J connectivity index is 1.38. The number of carbonyl (C=O) groups excluding carboxylic acids is 1. The molecule has 40 heavy (non-hydrogen) atoms. The fraction of sp³-hybridized carbons (Fsp3) is 0.167. The molecule has 0 spiro atoms. The number of aromatic nitrogens is 6. The number of benzene rings is 1. The fourth-order valence-electron chi connectivity index (χ4n) is 4.76. The number of nitrogens with zero attached hydrogens (tertiary/aromatic N) is 4. The lowest BCUT2D eigenvalue weighted by Crippen LogP contribution is -2.13. The molecule has 200 valence electrons. The lowest BCUT2D eigenvalue weighted by atomic mass is 10.0. The van der Waals surface area contributed by atoms with Crippen LogP contribution in [0.2, 0.25) is 0 Å². The number of aromatic amines is 2. The van der Waals surface area contributed by atoms with Crippen LogP contribution in [0.1, 0.15) is 20.3 Å². The van der Waals surface area contributed by atoms with Gasteiger partial charge in [-0.1, -0.05) is 13.8 Å². The maximum atomic E-state index is 14.3. The zero-order chi connectivity index (χ0) is 27.8. The van der Waals surface area contributed by atoms with Crippen molar-refractivity contribution in [3.05, 3.63) is 73.2 Å². The number of amides is 1. The fourth-order valence-corrected chi connectivity index (χ4v) is 4.76. The van der Waals surface area contributed by atoms with Crippen molar-refractivity contribution >= 4 is 33.5 Å². The molecule has 0 atom stereocenters. The molecule has 0 saturated carbocycles. The van der Waals surface area contributed by atoms with Gasteiger partial charge in [0.2, 0.25) is 5.91 Å². The van der Waals surface area contributed by atoms with Crippen LogP contribution in [0.25, 0.3) is 55.6 Å². The number of methoxy groups -OCH3 is 1. The average Bonchev–Trinajstić information content (AvgIpc) is 3.56. The molecule has 1 aromatic carbocycles. The van der Waals surface area contributed by atoms with Crippen LogP contribution in [0.5, 0.6) is 5.75 Å². The molecule has 5 heterocycles. The Morgan fingerprint density at radius 2 is 1.77 bits per heavy atom. The molecule has 0 aliphatic rings. The van der Waals surface area contributed by atoms with Crippen molar-refractivity contribution in [2.75, 3.05) is 12.4 Å². The summed E-state index contributed by atoms with van der Waals surface area (Å²) in [6.07, 6.45) is 8.96. The van der Waals surface area contributed by atoms with E-state index < -0.39 is 5.82 Å². The van der Waals surface area contributed by atoms with Crippen LogP contribution in [0, 0.1) is 11.7 Å². The predicted octanol–water partition coefficient (Wildman–Crippen LogP) is 6.36. The van der Waals surface area contributed by atoms with Gasteiger partial charge in [0, 0.05) is 58.5 Å². The molecule has 0 bridgehead atoms. The topological polar surface area (TPSA) is 121 Å². The van der Waals surface area contributed by atoms with Crippen LogP contribution in [0.4, 0.5) is 10.1 Å². The maximum absolute atomic E-state index is 14.3. The molecule has 0 aliphatic carbocycles. The summed E-state index contributed by atoms with van der Waals surface area (Å²) in [5.74, 6) is 0.247. The molecule has 0 fully saturated rings. The van der Waals surface area contributed by atoms with Gasteiger partial charge in [0.25, 0.3) is 0 Å². The first kappa shape index (κ1) is 25.2. The van der Waals surface area contributed by atoms with Gasteiger partial charge in [0.15, 0.2) is 5.65 Å². The van der Waals surface area contributed by atoms with Crippen LogP contribution in [0.15, 0.2) is 67.4 Å². The van der Waals surface area contributed by atoms with Crippen molar-refractivity contribution in [1.82, 2.24) is 30.1 Å². The smallest absolute Gasteiger partial charge is 0.224 e. The van der Waals surface area contributed by atoms with Crippen molar-refractivity contribution < 1.29 is 13.9 Å². The lowest BCUT2D eigenvalue weighted by molar-refractivity contribution is -0.116. The first-order valence-electron chi connectivity index (χ1n) is 12.8. The maximum Gasteiger partial charge on any atom is 0.224 e. The van der Waals surface area contributed by atoms with Crippen LogP contribution in [0.3, 0.4) is 0 Å². The van der Waals surface area contributed by atoms with E-state index in [1.165, 1.54) is 19.2 Å². The molecule has 6 aromatic rings. The van der Waals surface area contributed by atoms with E-state index in [2.05, 4.69) is 35.5 Å². The summed E-state index contributed by atoms with van der Waals surface area (Å²) >= 11 is 0. The minimum atomic E-state index is -0.390. The monoisotopic (exact) mass is 535 g/mol. The van der Waals surface area contributed by atoms with Gasteiger partial charge in [0.05, 0.1) is 42.1 Å². The minimum absolute atomic E-state index is 0.0518. The number of halogens is 1. The Morgan fingerprint density at radius 3 is 2.60 bits per heavy atom. The van der Waals surface area contributed by atoms with Crippen LogP contribution in [-0.2, 0) is 4.79 Å². The summed E-state index contributed by atoms with van der Waals surface area (Å²) in [5, 5.41) is 12.1. The van der Waals surface area contributed by atoms with Gasteiger partial charge in [-0.15, -0.1) is 0 Å². The van der Waals surface area contributed by atoms with Crippen LogP contribution < -0.4 is 10.1 Å². The van der Waals surface area contributed by atoms with Gasteiger partial charge in [-0.25, -0.2) is 9.37 Å². The highest BCUT2D eigenvalue weighted by Gasteiger charge is 2.16. The Morgan fingerprint density at radius 1 is 0.950 bits per heavy atom. The van der Waals surface area contributed by atoms with Gasteiger partial charge < -0.3 is 15.0 Å². The van der Waals surface area contributed by atoms with E-state index in [-0.39, 0.29) is 11.8 Å². The number of anilines is 1. The highest BCUT2D eigenvalue weighted by molar-refractivity contribution is 6.01. The molecular formula is C30H26FN7O2. The summed E-state index contributed by atoms with van der Waals surface area (Å²) in [5.41, 5.74) is 6.56. The largest absolute Gasteiger partial charge is 0.497 e. The Labute approximate surface area is 228 Å². The number of hydrogen-bond acceptors (Lipinski definition) is 6. The van der Waals surface area contributed by atoms with Crippen molar-refractivity contribution in [1.29, 1.82) is 0 Å². The summed E-state index contributed by atoms with van der Waals surface area (Å²) in [6.45, 7) is 4.00. The van der Waals surface area contributed by atoms with E-state index in [0.717, 1.165) is 44.4 Å². The van der Waals surface area contributed by atoms with Crippen molar-refractivity contribution in [3.8, 4) is 39.4 Å². The first-order chi connectivity index (χ1) is 19.4. The standard InChI is InChI=1S/C30H26FN7O2/c1-16(2)4-28(39)35-21-6-18(11-32-13-21)19-8-24-29(37-38-30(24)34-12-19)26-10-23-25(14-33-15-27(23)36-26)17-5-20(31)9-22(7-17)40-3/h5-16,36H,4H2,1-3H3,(H,35,39)(H,34,37,38). The highest BCUT2D eigenvalue weighted by Crippen LogP contribution is 2.35. The Hall–Kier alpha value is -5.12. The summed E-state index contributed by atoms with van der Waals surface area (Å²) in [7, 11) is 1.51. The molecule has 0 radical (unpaired) electrons. The number of fused-ring (bicyclic) bond motifs is 2. The van der Waals surface area contributed by atoms with E-state index in [1.807, 2.05) is 32.0 Å². The molecule has 9 nitrogen and oxygen atoms in total. The molecule has 0 saturated heterocycles. The molecule has 6 rings (SSSR count). The minimum Gasteiger partial charge on any atom is -0.497 e. The molecule has 5 aromatic heterocycles. The molecule has 1 amide bonds. The summed E-state index contributed by atoms with van der Waals surface area (Å²) < 4.78 is 19.5. The van der Waals surface area contributed by atoms with Gasteiger partial charge in [-0.05, 0) is 41.8 Å². The SMILES string of the molecule is COc1cc(F)cc(-c2cncc3[nH]c(-c4[nH]nc5ncc(-c6cncc(NC(=O)CC(C)C)c6)cc45)cc23)c1. The lowest BCUT2D eigenvalue weighted by Gasteiger charge is -2.08. The quantitative estimate of drug-likeness (QED) is 0.219. The number of ether oxygens (including phenoxy) is 1. The normalized spacial score (nSPS) is 11.4. The van der Waals surface area contributed by atoms with Gasteiger partial charge in [-0.2, -0.15) is 5.10 Å². The second-order valence-corrected chi connectivity index (χ2v) is 10.0. The number of rotatable bonds is 7. The van der Waals surface area contributed by atoms with Gasteiger partial charge in [-0.3, -0.25) is 19.9 Å². The van der Waals surface area contributed by atoms with Crippen LogP contribution >= 0.6 is 0 Å². The number of hydrogen-bond donors (Lipinski definition) is 3. The second kappa shape index (κ2) is 10.2. The van der Waals surface area contributed by atoms with Gasteiger partial charge >= 0.3 is 0 Å². The van der Waals surface area contributed by atoms with Crippen molar-refractivity contribution in [3.63, 3.8) is 0 Å². The zero-order valence-corrected chi connectivity index (χ0v) is 22.1. The van der Waals surface area contributed by atoms with E-state index >= 15 is 0 Å². The first-order valence-corrected chi connectivity index (χ1v) is 12.8. The summed E-state index contributed by atoms with van der Waals surface area (Å²) in [4.78, 5) is 28.9. The molecule has 10 heteroatoms. The van der Waals surface area contributed by atoms with E-state index in [1.54, 1.807) is 37.1 Å². The Kier molecular flexibility index (Phi) is 6.43. The third-order valence-electron chi connectivity index (χ3n) is 6.59. The third kappa shape index (κ3) is 4.86. The van der Waals surface area contributed by atoms with E-state index in [0.29, 0.717) is 29.1 Å². The molecular weight excluding hydrogens is 509 g/mol. The van der Waals surface area contributed by atoms with E-state index in [4.69, 9.17) is 4.74 Å². The zero-order valence-electron chi connectivity index (χ0n) is 22.1. The number of pyridine rings is 3. The highest BCUT2D eigenvalue weighted by atomic mass is 19.1. The van der Waals surface area contributed by atoms with Crippen LogP contribution in [-0.4, -0.2) is 43.2 Å². The van der Waals surface area contributed by atoms with Gasteiger partial charge in [0.1, 0.15) is 11.6 Å². The predicted molar refractivity (Wildman–Crippen MR) is 152 cm³/mol. The molecule has 3 N–H and O–H groups in total. The number of carbonyl (C=O) groups is 1. The van der Waals surface area contributed by atoms with Crippen molar-refractivity contribution in [2.45, 2.75) is 20.3 Å². The third-order valence-corrected chi connectivity index (χ3v) is 6.59. The molecule has 0 unspecified atom stereocenters. The molecule has 0 aliphatic heterocycles. The average molecular weight is 536 g/mol. The second-order valence-electron chi connectivity index (χ2n) is 10.0. The van der Waals surface area contributed by atoms with E-state index in [9.17, 15) is 9.18 Å². The summed E-state index contributed by atoms with van der Waals surface area (Å²) in [6, 6.07) is 10.4.